The minimum Gasteiger partial charge on any atom is -0.497 e. The van der Waals surface area contributed by atoms with Gasteiger partial charge in [0.15, 0.2) is 0 Å². The van der Waals surface area contributed by atoms with Crippen molar-refractivity contribution in [1.82, 2.24) is 14.5 Å². The number of ether oxygens (including phenoxy) is 2. The highest BCUT2D eigenvalue weighted by Gasteiger charge is 2.35. The largest absolute Gasteiger partial charge is 0.497 e. The third-order valence-corrected chi connectivity index (χ3v) is 9.91. The molecule has 2 aliphatic rings. The highest BCUT2D eigenvalue weighted by atomic mass is 32.2. The monoisotopic (exact) mass is 602 g/mol. The fourth-order valence-corrected chi connectivity index (χ4v) is 6.58. The lowest BCUT2D eigenvalue weighted by Crippen LogP contribution is -2.50. The Labute approximate surface area is 248 Å². The maximum atomic E-state index is 13.7. The Morgan fingerprint density at radius 1 is 1.17 bits per heavy atom. The van der Waals surface area contributed by atoms with Crippen LogP contribution in [0.5, 0.6) is 11.5 Å². The standard InChI is InChI=1S/C30H42N4O7S/c1-20-17-34(21(2)19-35)29(36)26-16-23(32-30(37)31-22-8-6-5-7-9-22)10-15-27(26)41-28(20)18-33(3)42(38,39)25-13-11-24(40-4)12-14-25/h10-16,20-22,28,35H,5-9,17-19H2,1-4H3,(H2,31,32,37)/t20-,21-,28-/m1/s1. The van der Waals surface area contributed by atoms with Gasteiger partial charge in [-0.3, -0.25) is 4.79 Å². The average molecular weight is 603 g/mol. The Morgan fingerprint density at radius 2 is 1.86 bits per heavy atom. The summed E-state index contributed by atoms with van der Waals surface area (Å²) < 4.78 is 39.4. The van der Waals surface area contributed by atoms with Crippen LogP contribution in [0.15, 0.2) is 47.4 Å². The summed E-state index contributed by atoms with van der Waals surface area (Å²) in [6.07, 6.45) is 4.63. The summed E-state index contributed by atoms with van der Waals surface area (Å²) in [6, 6.07) is 10.3. The number of nitrogens with zero attached hydrogens (tertiary/aromatic N) is 2. The van der Waals surface area contributed by atoms with Gasteiger partial charge in [0.2, 0.25) is 10.0 Å². The van der Waals surface area contributed by atoms with Gasteiger partial charge in [-0.05, 0) is 62.2 Å². The smallest absolute Gasteiger partial charge is 0.319 e. The second kappa shape index (κ2) is 13.7. The van der Waals surface area contributed by atoms with Crippen LogP contribution in [0, 0.1) is 5.92 Å². The lowest BCUT2D eigenvalue weighted by atomic mass is 9.96. The van der Waals surface area contributed by atoms with E-state index in [0.29, 0.717) is 11.4 Å². The number of carbonyl (C=O) groups is 2. The first kappa shape index (κ1) is 31.6. The molecule has 0 bridgehead atoms. The van der Waals surface area contributed by atoms with E-state index in [2.05, 4.69) is 10.6 Å². The van der Waals surface area contributed by atoms with E-state index >= 15 is 0 Å². The Balaban J connectivity index is 1.58. The number of anilines is 1. The predicted octanol–water partition coefficient (Wildman–Crippen LogP) is 3.69. The van der Waals surface area contributed by atoms with Crippen LogP contribution in [-0.2, 0) is 10.0 Å². The molecule has 0 radical (unpaired) electrons. The van der Waals surface area contributed by atoms with Crippen LogP contribution < -0.4 is 20.1 Å². The van der Waals surface area contributed by atoms with Crippen molar-refractivity contribution in [1.29, 1.82) is 0 Å². The Hall–Kier alpha value is -3.35. The fourth-order valence-electron chi connectivity index (χ4n) is 5.40. The number of sulfonamides is 1. The van der Waals surface area contributed by atoms with Gasteiger partial charge < -0.3 is 30.1 Å². The minimum atomic E-state index is -3.84. The molecule has 1 aliphatic heterocycles. The third-order valence-electron chi connectivity index (χ3n) is 8.07. The van der Waals surface area contributed by atoms with Crippen LogP contribution in [0.4, 0.5) is 10.5 Å². The predicted molar refractivity (Wildman–Crippen MR) is 159 cm³/mol. The van der Waals surface area contributed by atoms with E-state index in [1.54, 1.807) is 42.2 Å². The van der Waals surface area contributed by atoms with E-state index < -0.39 is 22.2 Å². The zero-order valence-corrected chi connectivity index (χ0v) is 25.5. The summed E-state index contributed by atoms with van der Waals surface area (Å²) in [6.45, 7) is 3.66. The molecule has 1 saturated carbocycles. The number of hydrogen-bond donors (Lipinski definition) is 3. The van der Waals surface area contributed by atoms with Crippen molar-refractivity contribution in [2.24, 2.45) is 5.92 Å². The fraction of sp³-hybridized carbons (Fsp3) is 0.533. The van der Waals surface area contributed by atoms with Crippen LogP contribution in [0.1, 0.15) is 56.3 Å². The second-order valence-electron chi connectivity index (χ2n) is 11.2. The van der Waals surface area contributed by atoms with E-state index in [4.69, 9.17) is 9.47 Å². The molecule has 3 amide bonds. The van der Waals surface area contributed by atoms with Crippen molar-refractivity contribution in [3.05, 3.63) is 48.0 Å². The Kier molecular flexibility index (Phi) is 10.3. The molecule has 11 nitrogen and oxygen atoms in total. The SMILES string of the molecule is COc1ccc(S(=O)(=O)N(C)C[C@H]2Oc3ccc(NC(=O)NC4CCCCC4)cc3C(=O)N([C@H](C)CO)C[C@H]2C)cc1. The van der Waals surface area contributed by atoms with Crippen molar-refractivity contribution >= 4 is 27.6 Å². The molecule has 4 rings (SSSR count). The van der Waals surface area contributed by atoms with Crippen molar-refractivity contribution < 1.29 is 32.6 Å². The number of aliphatic hydroxyl groups excluding tert-OH is 1. The third kappa shape index (κ3) is 7.34. The molecule has 2 aromatic carbocycles. The van der Waals surface area contributed by atoms with Gasteiger partial charge in [0.1, 0.15) is 17.6 Å². The van der Waals surface area contributed by atoms with Crippen LogP contribution in [0.2, 0.25) is 0 Å². The molecule has 3 atom stereocenters. The van der Waals surface area contributed by atoms with Crippen LogP contribution in [0.25, 0.3) is 0 Å². The first-order valence-electron chi connectivity index (χ1n) is 14.4. The van der Waals surface area contributed by atoms with Crippen LogP contribution >= 0.6 is 0 Å². The van der Waals surface area contributed by atoms with E-state index in [0.717, 1.165) is 25.7 Å². The summed E-state index contributed by atoms with van der Waals surface area (Å²) >= 11 is 0. The minimum absolute atomic E-state index is 0.0221. The van der Waals surface area contributed by atoms with Crippen molar-refractivity contribution in [2.45, 2.75) is 69.0 Å². The highest BCUT2D eigenvalue weighted by molar-refractivity contribution is 7.89. The molecule has 42 heavy (non-hydrogen) atoms. The number of amides is 3. The average Bonchev–Trinajstić information content (AvgIpc) is 2.99. The summed E-state index contributed by atoms with van der Waals surface area (Å²) in [4.78, 5) is 28.1. The topological polar surface area (TPSA) is 138 Å². The highest BCUT2D eigenvalue weighted by Crippen LogP contribution is 2.31. The maximum Gasteiger partial charge on any atom is 0.319 e. The number of urea groups is 1. The number of fused-ring (bicyclic) bond motifs is 1. The molecule has 0 saturated heterocycles. The molecule has 3 N–H and O–H groups in total. The van der Waals surface area contributed by atoms with E-state index in [1.165, 1.54) is 37.0 Å². The number of aliphatic hydroxyl groups is 1. The van der Waals surface area contributed by atoms with E-state index in [9.17, 15) is 23.1 Å². The van der Waals surface area contributed by atoms with Gasteiger partial charge in [-0.15, -0.1) is 0 Å². The zero-order valence-electron chi connectivity index (χ0n) is 24.7. The van der Waals surface area contributed by atoms with E-state index in [1.807, 2.05) is 6.92 Å². The molecule has 1 aliphatic carbocycles. The number of methoxy groups -OCH3 is 1. The Morgan fingerprint density at radius 3 is 2.50 bits per heavy atom. The molecule has 1 heterocycles. The number of likely N-dealkylation sites (N-methyl/N-ethyl adjacent to an activating group) is 1. The maximum absolute atomic E-state index is 13.7. The molecule has 1 fully saturated rings. The summed E-state index contributed by atoms with van der Waals surface area (Å²) in [5.74, 6) is 0.213. The summed E-state index contributed by atoms with van der Waals surface area (Å²) in [5.41, 5.74) is 0.656. The molecular formula is C30H42N4O7S. The Bertz CT molecular complexity index is 1350. The molecule has 230 valence electrons. The molecule has 0 aromatic heterocycles. The number of hydrogen-bond acceptors (Lipinski definition) is 7. The van der Waals surface area contributed by atoms with E-state index in [-0.39, 0.29) is 59.8 Å². The van der Waals surface area contributed by atoms with Gasteiger partial charge in [-0.25, -0.2) is 13.2 Å². The van der Waals surface area contributed by atoms with Gasteiger partial charge in [-0.2, -0.15) is 4.31 Å². The lowest BCUT2D eigenvalue weighted by molar-refractivity contribution is 0.0387. The normalized spacial score (nSPS) is 20.6. The number of nitrogens with one attached hydrogen (secondary N) is 2. The van der Waals surface area contributed by atoms with Gasteiger partial charge in [0, 0.05) is 31.2 Å². The number of rotatable bonds is 9. The van der Waals surface area contributed by atoms with Crippen LogP contribution in [-0.4, -0.2) is 86.7 Å². The lowest BCUT2D eigenvalue weighted by Gasteiger charge is -2.38. The van der Waals surface area contributed by atoms with Crippen LogP contribution in [0.3, 0.4) is 0 Å². The first-order valence-corrected chi connectivity index (χ1v) is 15.9. The molecule has 0 spiro atoms. The molecule has 0 unspecified atom stereocenters. The molecule has 2 aromatic rings. The van der Waals surface area contributed by atoms with Gasteiger partial charge >= 0.3 is 6.03 Å². The summed E-state index contributed by atoms with van der Waals surface area (Å²) in [5, 5.41) is 15.8. The van der Waals surface area contributed by atoms with Gasteiger partial charge in [-0.1, -0.05) is 26.2 Å². The zero-order chi connectivity index (χ0) is 30.4. The van der Waals surface area contributed by atoms with Gasteiger partial charge in [0.25, 0.3) is 5.91 Å². The van der Waals surface area contributed by atoms with Gasteiger partial charge in [0.05, 0.1) is 36.8 Å². The second-order valence-corrected chi connectivity index (χ2v) is 13.3. The number of carbonyl (C=O) groups excluding carboxylic acids is 2. The quantitative estimate of drug-likeness (QED) is 0.398. The number of benzene rings is 2. The summed E-state index contributed by atoms with van der Waals surface area (Å²) in [7, 11) is -0.836. The van der Waals surface area contributed by atoms with Crippen molar-refractivity contribution in [3.63, 3.8) is 0 Å². The molecular weight excluding hydrogens is 560 g/mol. The van der Waals surface area contributed by atoms with Crippen molar-refractivity contribution in [2.75, 3.05) is 39.2 Å². The van der Waals surface area contributed by atoms with Crippen molar-refractivity contribution in [3.8, 4) is 11.5 Å². The first-order chi connectivity index (χ1) is 20.0. The molecule has 12 heteroatoms.